The average Bonchev–Trinajstić information content (AvgIpc) is 2.34. The van der Waals surface area contributed by atoms with Crippen molar-refractivity contribution in [2.75, 3.05) is 11.9 Å². The van der Waals surface area contributed by atoms with Crippen LogP contribution in [0.2, 0.25) is 0 Å². The minimum Gasteiger partial charge on any atom is -0.372 e. The molecule has 20 heavy (non-hydrogen) atoms. The van der Waals surface area contributed by atoms with Gasteiger partial charge in [0.15, 0.2) is 0 Å². The molecule has 0 atom stereocenters. The normalized spacial score (nSPS) is 12.3. The highest BCUT2D eigenvalue weighted by molar-refractivity contribution is 5.56. The lowest BCUT2D eigenvalue weighted by Crippen LogP contribution is -2.28. The van der Waals surface area contributed by atoms with Gasteiger partial charge in [0.05, 0.1) is 5.56 Å². The number of nitrogens with zero attached hydrogens (tertiary/aromatic N) is 1. The van der Waals surface area contributed by atoms with Crippen LogP contribution in [0.15, 0.2) is 18.2 Å². The lowest BCUT2D eigenvalue weighted by atomic mass is 10.1. The van der Waals surface area contributed by atoms with Crippen molar-refractivity contribution in [3.05, 3.63) is 29.3 Å². The Labute approximate surface area is 119 Å². The maximum absolute atomic E-state index is 13.2. The highest BCUT2D eigenvalue weighted by Crippen LogP contribution is 2.37. The van der Waals surface area contributed by atoms with Gasteiger partial charge in [-0.1, -0.05) is 19.9 Å². The smallest absolute Gasteiger partial charge is 0.372 e. The standard InChI is InChI=1S/C15H23F3N2/c1-10(2)19-9-12-6-7-14(20(5)11(3)4)13(8-12)15(16,17)18/h6-8,10-11,19H,9H2,1-5H3. The molecule has 0 aliphatic carbocycles. The fourth-order valence-electron chi connectivity index (χ4n) is 1.83. The third-order valence-electron chi connectivity index (χ3n) is 3.24. The number of hydrogen-bond donors (Lipinski definition) is 1. The first-order valence-corrected chi connectivity index (χ1v) is 6.79. The van der Waals surface area contributed by atoms with E-state index < -0.39 is 11.7 Å². The molecule has 0 heterocycles. The van der Waals surface area contributed by atoms with Gasteiger partial charge < -0.3 is 10.2 Å². The van der Waals surface area contributed by atoms with Crippen LogP contribution in [-0.4, -0.2) is 19.1 Å². The van der Waals surface area contributed by atoms with Gasteiger partial charge in [0.2, 0.25) is 0 Å². The third kappa shape index (κ3) is 4.40. The van der Waals surface area contributed by atoms with Crippen molar-refractivity contribution in [3.63, 3.8) is 0 Å². The number of halogens is 3. The van der Waals surface area contributed by atoms with E-state index in [2.05, 4.69) is 5.32 Å². The number of anilines is 1. The highest BCUT2D eigenvalue weighted by atomic mass is 19.4. The summed E-state index contributed by atoms with van der Waals surface area (Å²) in [7, 11) is 1.68. The molecule has 0 saturated carbocycles. The average molecular weight is 288 g/mol. The summed E-state index contributed by atoms with van der Waals surface area (Å²) in [5, 5.41) is 3.13. The van der Waals surface area contributed by atoms with E-state index >= 15 is 0 Å². The lowest BCUT2D eigenvalue weighted by Gasteiger charge is -2.27. The molecule has 0 amide bonds. The topological polar surface area (TPSA) is 15.3 Å². The highest BCUT2D eigenvalue weighted by Gasteiger charge is 2.35. The third-order valence-corrected chi connectivity index (χ3v) is 3.24. The Balaban J connectivity index is 3.14. The van der Waals surface area contributed by atoms with E-state index in [9.17, 15) is 13.2 Å². The fraction of sp³-hybridized carbons (Fsp3) is 0.600. The number of nitrogens with one attached hydrogen (secondary N) is 1. The van der Waals surface area contributed by atoms with Gasteiger partial charge in [0.1, 0.15) is 0 Å². The molecule has 5 heteroatoms. The monoisotopic (exact) mass is 288 g/mol. The van der Waals surface area contributed by atoms with Gasteiger partial charge in [0.25, 0.3) is 0 Å². The summed E-state index contributed by atoms with van der Waals surface area (Å²) in [5.41, 5.74) is 0.296. The summed E-state index contributed by atoms with van der Waals surface area (Å²) in [6.45, 7) is 8.10. The van der Waals surface area contributed by atoms with Crippen molar-refractivity contribution in [2.45, 2.75) is 52.5 Å². The molecule has 1 aromatic rings. The van der Waals surface area contributed by atoms with Crippen molar-refractivity contribution in [3.8, 4) is 0 Å². The molecule has 0 saturated heterocycles. The Morgan fingerprint density at radius 2 is 1.75 bits per heavy atom. The van der Waals surface area contributed by atoms with Crippen LogP contribution in [0, 0.1) is 0 Å². The Morgan fingerprint density at radius 1 is 1.15 bits per heavy atom. The van der Waals surface area contributed by atoms with Crippen molar-refractivity contribution in [2.24, 2.45) is 0 Å². The van der Waals surface area contributed by atoms with Crippen LogP contribution < -0.4 is 10.2 Å². The van der Waals surface area contributed by atoms with Crippen LogP contribution in [0.25, 0.3) is 0 Å². The van der Waals surface area contributed by atoms with Crippen molar-refractivity contribution in [1.82, 2.24) is 5.32 Å². The van der Waals surface area contributed by atoms with Crippen LogP contribution in [0.1, 0.15) is 38.8 Å². The van der Waals surface area contributed by atoms with Gasteiger partial charge in [-0.05, 0) is 31.5 Å². The maximum atomic E-state index is 13.2. The second kappa shape index (κ2) is 6.48. The summed E-state index contributed by atoms with van der Waals surface area (Å²) in [4.78, 5) is 1.64. The molecule has 0 aliphatic rings. The van der Waals surface area contributed by atoms with Gasteiger partial charge in [-0.15, -0.1) is 0 Å². The van der Waals surface area contributed by atoms with E-state index in [1.54, 1.807) is 24.1 Å². The Kier molecular flexibility index (Phi) is 5.45. The first kappa shape index (κ1) is 16.8. The van der Waals surface area contributed by atoms with Crippen molar-refractivity contribution < 1.29 is 13.2 Å². The summed E-state index contributed by atoms with van der Waals surface area (Å²) in [6.07, 6.45) is -4.34. The molecular formula is C15H23F3N2. The van der Waals surface area contributed by atoms with Crippen LogP contribution in [-0.2, 0) is 12.7 Å². The van der Waals surface area contributed by atoms with E-state index in [1.165, 1.54) is 6.07 Å². The van der Waals surface area contributed by atoms with Crippen LogP contribution in [0.3, 0.4) is 0 Å². The zero-order valence-electron chi connectivity index (χ0n) is 12.7. The second-order valence-electron chi connectivity index (χ2n) is 5.59. The van der Waals surface area contributed by atoms with Gasteiger partial charge in [-0.2, -0.15) is 13.2 Å². The predicted molar refractivity (Wildman–Crippen MR) is 77.0 cm³/mol. The van der Waals surface area contributed by atoms with Crippen molar-refractivity contribution in [1.29, 1.82) is 0 Å². The van der Waals surface area contributed by atoms with E-state index in [0.717, 1.165) is 0 Å². The number of benzene rings is 1. The number of alkyl halides is 3. The Hall–Kier alpha value is -1.23. The van der Waals surface area contributed by atoms with Crippen molar-refractivity contribution >= 4 is 5.69 Å². The molecule has 0 fully saturated rings. The summed E-state index contributed by atoms with van der Waals surface area (Å²) in [6, 6.07) is 4.79. The van der Waals surface area contributed by atoms with Gasteiger partial charge in [-0.25, -0.2) is 0 Å². The largest absolute Gasteiger partial charge is 0.418 e. The van der Waals surface area contributed by atoms with Crippen LogP contribution in [0.5, 0.6) is 0 Å². The molecule has 0 bridgehead atoms. The molecule has 1 rings (SSSR count). The number of hydrogen-bond acceptors (Lipinski definition) is 2. The molecular weight excluding hydrogens is 265 g/mol. The first-order chi connectivity index (χ1) is 9.12. The molecule has 0 radical (unpaired) electrons. The predicted octanol–water partition coefficient (Wildman–Crippen LogP) is 4.05. The molecule has 1 aromatic carbocycles. The summed E-state index contributed by atoms with van der Waals surface area (Å²) < 4.78 is 39.6. The zero-order valence-corrected chi connectivity index (χ0v) is 12.7. The fourth-order valence-corrected chi connectivity index (χ4v) is 1.83. The van der Waals surface area contributed by atoms with E-state index in [4.69, 9.17) is 0 Å². The van der Waals surface area contributed by atoms with Gasteiger partial charge in [0, 0.05) is 31.4 Å². The Morgan fingerprint density at radius 3 is 2.20 bits per heavy atom. The lowest BCUT2D eigenvalue weighted by molar-refractivity contribution is -0.137. The molecule has 2 nitrogen and oxygen atoms in total. The molecule has 0 aliphatic heterocycles. The Bertz CT molecular complexity index is 439. The SMILES string of the molecule is CC(C)NCc1ccc(N(C)C(C)C)c(C(F)(F)F)c1. The van der Waals surface area contributed by atoms with Gasteiger partial charge in [-0.3, -0.25) is 0 Å². The first-order valence-electron chi connectivity index (χ1n) is 6.79. The molecule has 0 unspecified atom stereocenters. The van der Waals surface area contributed by atoms with E-state index in [-0.39, 0.29) is 17.8 Å². The minimum absolute atomic E-state index is 0.00994. The summed E-state index contributed by atoms with van der Waals surface area (Å²) >= 11 is 0. The summed E-state index contributed by atoms with van der Waals surface area (Å²) in [5.74, 6) is 0. The quantitative estimate of drug-likeness (QED) is 0.879. The number of rotatable bonds is 5. The van der Waals surface area contributed by atoms with Gasteiger partial charge >= 0.3 is 6.18 Å². The second-order valence-corrected chi connectivity index (χ2v) is 5.59. The van der Waals surface area contributed by atoms with E-state index in [1.807, 2.05) is 27.7 Å². The molecule has 1 N–H and O–H groups in total. The minimum atomic E-state index is -4.34. The molecule has 0 aromatic heterocycles. The maximum Gasteiger partial charge on any atom is 0.418 e. The van der Waals surface area contributed by atoms with E-state index in [0.29, 0.717) is 12.1 Å². The zero-order chi connectivity index (χ0) is 15.5. The van der Waals surface area contributed by atoms with Crippen LogP contribution >= 0.6 is 0 Å². The van der Waals surface area contributed by atoms with Crippen LogP contribution in [0.4, 0.5) is 18.9 Å². The molecule has 0 spiro atoms. The molecule has 114 valence electrons.